The summed E-state index contributed by atoms with van der Waals surface area (Å²) in [5, 5.41) is 18.7. The molecule has 8 heteroatoms. The number of esters is 2. The minimum atomic E-state index is -0.939. The van der Waals surface area contributed by atoms with Crippen molar-refractivity contribution in [1.29, 1.82) is 0 Å². The van der Waals surface area contributed by atoms with Crippen molar-refractivity contribution in [3.63, 3.8) is 0 Å². The molecule has 2 atom stereocenters. The van der Waals surface area contributed by atoms with Gasteiger partial charge in [-0.2, -0.15) is 0 Å². The predicted molar refractivity (Wildman–Crippen MR) is 169 cm³/mol. The summed E-state index contributed by atoms with van der Waals surface area (Å²) in [4.78, 5) is 23.7. The summed E-state index contributed by atoms with van der Waals surface area (Å²) in [5.74, 6) is -2.27. The monoisotopic (exact) mass is 606 g/mol. The normalized spacial score (nSPS) is 13.8. The number of aliphatic hydroxyl groups excluding tert-OH is 2. The van der Waals surface area contributed by atoms with E-state index >= 15 is 0 Å². The molecule has 0 amide bonds. The Labute approximate surface area is 261 Å². The lowest BCUT2D eigenvalue weighted by Crippen LogP contribution is -2.29. The van der Waals surface area contributed by atoms with Crippen LogP contribution in [0.25, 0.3) is 11.1 Å². The van der Waals surface area contributed by atoms with E-state index < -0.39 is 41.5 Å². The second-order valence-electron chi connectivity index (χ2n) is 10.5. The van der Waals surface area contributed by atoms with Crippen molar-refractivity contribution in [3.8, 4) is 22.6 Å². The first kappa shape index (κ1) is 30.9. The molecule has 5 rings (SSSR count). The number of hydrogen-bond acceptors (Lipinski definition) is 8. The van der Waals surface area contributed by atoms with Crippen LogP contribution in [0, 0.1) is 0 Å². The summed E-state index contributed by atoms with van der Waals surface area (Å²) >= 11 is 0. The van der Waals surface area contributed by atoms with Crippen molar-refractivity contribution in [2.75, 3.05) is 0 Å². The molecule has 0 fully saturated rings. The lowest BCUT2D eigenvalue weighted by Gasteiger charge is -2.34. The van der Waals surface area contributed by atoms with Crippen molar-refractivity contribution >= 4 is 11.9 Å². The van der Waals surface area contributed by atoms with Crippen LogP contribution in [0.4, 0.5) is 0 Å². The maximum Gasteiger partial charge on any atom is 0.375 e. The Morgan fingerprint density at radius 3 is 1.31 bits per heavy atom. The summed E-state index contributed by atoms with van der Waals surface area (Å²) < 4.78 is 22.2. The molecule has 0 heterocycles. The maximum absolute atomic E-state index is 11.8. The molecule has 0 aromatic heterocycles. The molecule has 0 spiro atoms. The fourth-order valence-electron chi connectivity index (χ4n) is 5.65. The van der Waals surface area contributed by atoms with E-state index in [1.165, 1.54) is 0 Å². The fraction of sp³-hybridized carbons (Fsp3) is 0.189. The van der Waals surface area contributed by atoms with Gasteiger partial charge in [-0.05, 0) is 70.8 Å². The molecular weight excluding hydrogens is 572 g/mol. The van der Waals surface area contributed by atoms with E-state index in [0.717, 1.165) is 33.4 Å². The van der Waals surface area contributed by atoms with Gasteiger partial charge in [0.15, 0.2) is 11.5 Å². The van der Waals surface area contributed by atoms with Gasteiger partial charge in [0.25, 0.3) is 0 Å². The highest BCUT2D eigenvalue weighted by atomic mass is 16.7. The summed E-state index contributed by atoms with van der Waals surface area (Å²) in [6.45, 7) is 10.0. The number of carbonyl (C=O) groups excluding carboxylic acids is 2. The smallest absolute Gasteiger partial charge is 0.375 e. The third kappa shape index (κ3) is 5.99. The number of fused-ring (bicyclic) bond motifs is 3. The van der Waals surface area contributed by atoms with E-state index in [1.54, 1.807) is 13.8 Å². The van der Waals surface area contributed by atoms with E-state index in [-0.39, 0.29) is 0 Å². The number of carbonyl (C=O) groups is 2. The molecule has 2 N–H and O–H groups in total. The minimum Gasteiger partial charge on any atom is -0.502 e. The van der Waals surface area contributed by atoms with Crippen LogP contribution in [0.5, 0.6) is 11.5 Å². The number of benzene rings is 4. The SMILES string of the molecule is C=C(O)C(=O)OC(CC)Oc1ccc(C2(c3ccc(OC(CC)OC(=O)C(=C)O)cc3)c3ccccc3-c3ccccc32)cc1. The van der Waals surface area contributed by atoms with E-state index in [4.69, 9.17) is 18.9 Å². The third-order valence-electron chi connectivity index (χ3n) is 7.68. The Morgan fingerprint density at radius 2 is 0.978 bits per heavy atom. The predicted octanol–water partition coefficient (Wildman–Crippen LogP) is 7.51. The number of hydrogen-bond donors (Lipinski definition) is 2. The van der Waals surface area contributed by atoms with Crippen LogP contribution in [0.1, 0.15) is 48.9 Å². The summed E-state index contributed by atoms with van der Waals surface area (Å²) in [6.07, 6.45) is -1.06. The summed E-state index contributed by atoms with van der Waals surface area (Å²) in [6, 6.07) is 31.9. The summed E-state index contributed by atoms with van der Waals surface area (Å²) in [5.41, 5.74) is 5.74. The van der Waals surface area contributed by atoms with E-state index in [0.29, 0.717) is 24.3 Å². The largest absolute Gasteiger partial charge is 0.502 e. The average Bonchev–Trinajstić information content (AvgIpc) is 3.35. The highest BCUT2D eigenvalue weighted by Crippen LogP contribution is 2.56. The second-order valence-corrected chi connectivity index (χ2v) is 10.5. The lowest BCUT2D eigenvalue weighted by molar-refractivity contribution is -0.163. The topological polar surface area (TPSA) is 112 Å². The zero-order valence-electron chi connectivity index (χ0n) is 25.1. The molecule has 0 saturated heterocycles. The zero-order chi connectivity index (χ0) is 32.1. The maximum atomic E-state index is 11.8. The van der Waals surface area contributed by atoms with E-state index in [9.17, 15) is 19.8 Å². The third-order valence-corrected chi connectivity index (χ3v) is 7.68. The van der Waals surface area contributed by atoms with Gasteiger partial charge in [-0.15, -0.1) is 0 Å². The molecule has 2 unspecified atom stereocenters. The molecule has 45 heavy (non-hydrogen) atoms. The van der Waals surface area contributed by atoms with Crippen molar-refractivity contribution in [3.05, 3.63) is 144 Å². The van der Waals surface area contributed by atoms with Gasteiger partial charge in [0.1, 0.15) is 11.5 Å². The van der Waals surface area contributed by atoms with Crippen molar-refractivity contribution in [2.24, 2.45) is 0 Å². The van der Waals surface area contributed by atoms with Gasteiger partial charge in [0.2, 0.25) is 12.6 Å². The molecule has 4 aromatic carbocycles. The highest BCUT2D eigenvalue weighted by molar-refractivity contribution is 5.87. The van der Waals surface area contributed by atoms with Crippen LogP contribution >= 0.6 is 0 Å². The van der Waals surface area contributed by atoms with Gasteiger partial charge in [-0.1, -0.05) is 86.6 Å². The van der Waals surface area contributed by atoms with Gasteiger partial charge in [-0.3, -0.25) is 0 Å². The Kier molecular flexibility index (Phi) is 8.95. The van der Waals surface area contributed by atoms with Crippen LogP contribution in [-0.2, 0) is 24.5 Å². The van der Waals surface area contributed by atoms with E-state index in [2.05, 4.69) is 37.4 Å². The lowest BCUT2D eigenvalue weighted by atomic mass is 9.68. The van der Waals surface area contributed by atoms with Crippen LogP contribution in [0.2, 0.25) is 0 Å². The molecule has 0 saturated carbocycles. The number of ether oxygens (including phenoxy) is 4. The van der Waals surface area contributed by atoms with Crippen molar-refractivity contribution in [2.45, 2.75) is 44.7 Å². The minimum absolute atomic E-state index is 0.368. The number of aliphatic hydroxyl groups is 2. The Hall–Kier alpha value is -5.50. The Morgan fingerprint density at radius 1 is 0.622 bits per heavy atom. The molecule has 0 aliphatic heterocycles. The van der Waals surface area contributed by atoms with Gasteiger partial charge in [0, 0.05) is 12.8 Å². The van der Waals surface area contributed by atoms with E-state index in [1.807, 2.05) is 72.8 Å². The Balaban J connectivity index is 1.55. The molecule has 1 aliphatic carbocycles. The molecular formula is C37H34O8. The molecule has 1 aliphatic rings. The molecule has 230 valence electrons. The average molecular weight is 607 g/mol. The van der Waals surface area contributed by atoms with Crippen LogP contribution in [-0.4, -0.2) is 34.7 Å². The van der Waals surface area contributed by atoms with Crippen LogP contribution < -0.4 is 9.47 Å². The highest BCUT2D eigenvalue weighted by Gasteiger charge is 2.45. The number of rotatable bonds is 12. The second kappa shape index (κ2) is 13.0. The first-order chi connectivity index (χ1) is 21.7. The Bertz CT molecular complexity index is 1590. The van der Waals surface area contributed by atoms with Gasteiger partial charge in [0.05, 0.1) is 5.41 Å². The zero-order valence-corrected chi connectivity index (χ0v) is 25.1. The van der Waals surface area contributed by atoms with Gasteiger partial charge >= 0.3 is 11.9 Å². The van der Waals surface area contributed by atoms with Gasteiger partial charge in [-0.25, -0.2) is 9.59 Å². The van der Waals surface area contributed by atoms with Crippen LogP contribution in [0.3, 0.4) is 0 Å². The summed E-state index contributed by atoms with van der Waals surface area (Å²) in [7, 11) is 0. The van der Waals surface area contributed by atoms with Crippen LogP contribution in [0.15, 0.2) is 122 Å². The molecule has 0 bridgehead atoms. The first-order valence-corrected chi connectivity index (χ1v) is 14.6. The van der Waals surface area contributed by atoms with Crippen molar-refractivity contribution in [1.82, 2.24) is 0 Å². The van der Waals surface area contributed by atoms with Gasteiger partial charge < -0.3 is 29.2 Å². The quantitative estimate of drug-likeness (QED) is 0.0650. The first-order valence-electron chi connectivity index (χ1n) is 14.6. The molecule has 0 radical (unpaired) electrons. The van der Waals surface area contributed by atoms with Crippen molar-refractivity contribution < 1.29 is 38.7 Å². The molecule has 4 aromatic rings. The molecule has 8 nitrogen and oxygen atoms in total. The standard InChI is InChI=1S/C37H34O8/c1-5-33(44-35(40)23(3)38)42-27-19-15-25(16-20-27)37(31-13-9-7-11-29(31)30-12-8-10-14-32(30)37)26-17-21-28(22-18-26)43-34(6-2)45-36(41)24(4)39/h7-22,33-34,38-39H,3-6H2,1-2H3. The fourth-order valence-corrected chi connectivity index (χ4v) is 5.65.